The molecule has 4 heteroatoms. The lowest BCUT2D eigenvalue weighted by Crippen LogP contribution is -2.22. The SMILES string of the molecule is COc1ccc(COCCNCCc2ccsc2)cc1. The first-order chi connectivity index (χ1) is 9.88. The van der Waals surface area contributed by atoms with Crippen LogP contribution in [0, 0.1) is 0 Å². The van der Waals surface area contributed by atoms with E-state index in [1.54, 1.807) is 18.4 Å². The van der Waals surface area contributed by atoms with E-state index in [9.17, 15) is 0 Å². The van der Waals surface area contributed by atoms with Crippen molar-refractivity contribution in [3.05, 3.63) is 52.2 Å². The third-order valence-corrected chi connectivity index (χ3v) is 3.75. The van der Waals surface area contributed by atoms with Crippen LogP contribution in [0.5, 0.6) is 5.75 Å². The Bertz CT molecular complexity index is 468. The van der Waals surface area contributed by atoms with Gasteiger partial charge < -0.3 is 14.8 Å². The van der Waals surface area contributed by atoms with Gasteiger partial charge in [0.05, 0.1) is 20.3 Å². The molecule has 0 aliphatic heterocycles. The summed E-state index contributed by atoms with van der Waals surface area (Å²) in [7, 11) is 1.67. The van der Waals surface area contributed by atoms with Gasteiger partial charge in [0.15, 0.2) is 0 Å². The van der Waals surface area contributed by atoms with Crippen molar-refractivity contribution >= 4 is 11.3 Å². The Balaban J connectivity index is 1.50. The summed E-state index contributed by atoms with van der Waals surface area (Å²) in [5, 5.41) is 7.70. The van der Waals surface area contributed by atoms with E-state index in [1.165, 1.54) is 11.1 Å². The van der Waals surface area contributed by atoms with Crippen LogP contribution in [0.1, 0.15) is 11.1 Å². The van der Waals surface area contributed by atoms with Gasteiger partial charge >= 0.3 is 0 Å². The minimum absolute atomic E-state index is 0.649. The van der Waals surface area contributed by atoms with Crippen LogP contribution >= 0.6 is 11.3 Å². The Labute approximate surface area is 124 Å². The molecule has 0 radical (unpaired) electrons. The molecule has 3 nitrogen and oxygen atoms in total. The van der Waals surface area contributed by atoms with E-state index in [-0.39, 0.29) is 0 Å². The molecule has 0 aliphatic rings. The van der Waals surface area contributed by atoms with Crippen molar-refractivity contribution in [2.75, 3.05) is 26.8 Å². The van der Waals surface area contributed by atoms with E-state index in [1.807, 2.05) is 24.3 Å². The number of thiophene rings is 1. The van der Waals surface area contributed by atoms with Gasteiger partial charge in [-0.2, -0.15) is 11.3 Å². The fourth-order valence-electron chi connectivity index (χ4n) is 1.85. The van der Waals surface area contributed by atoms with E-state index >= 15 is 0 Å². The molecule has 0 fully saturated rings. The Morgan fingerprint density at radius 1 is 1.05 bits per heavy atom. The minimum atomic E-state index is 0.649. The second-order valence-electron chi connectivity index (χ2n) is 4.53. The fraction of sp³-hybridized carbons (Fsp3) is 0.375. The van der Waals surface area contributed by atoms with Crippen LogP contribution < -0.4 is 10.1 Å². The zero-order valence-electron chi connectivity index (χ0n) is 11.8. The lowest BCUT2D eigenvalue weighted by Gasteiger charge is -2.06. The quantitative estimate of drug-likeness (QED) is 0.720. The summed E-state index contributed by atoms with van der Waals surface area (Å²) in [5.41, 5.74) is 2.57. The number of rotatable bonds is 9. The summed E-state index contributed by atoms with van der Waals surface area (Å²) < 4.78 is 10.7. The maximum atomic E-state index is 5.63. The lowest BCUT2D eigenvalue weighted by atomic mass is 10.2. The van der Waals surface area contributed by atoms with Crippen molar-refractivity contribution in [2.45, 2.75) is 13.0 Å². The van der Waals surface area contributed by atoms with Gasteiger partial charge in [-0.05, 0) is 53.1 Å². The predicted octanol–water partition coefficient (Wildman–Crippen LogP) is 3.11. The second kappa shape index (κ2) is 8.74. The molecule has 0 saturated carbocycles. The van der Waals surface area contributed by atoms with Crippen LogP contribution in [-0.2, 0) is 17.8 Å². The molecular formula is C16H21NO2S. The zero-order chi connectivity index (χ0) is 14.0. The fourth-order valence-corrected chi connectivity index (χ4v) is 2.55. The van der Waals surface area contributed by atoms with E-state index < -0.39 is 0 Å². The highest BCUT2D eigenvalue weighted by Gasteiger charge is 1.96. The number of methoxy groups -OCH3 is 1. The molecule has 0 unspecified atom stereocenters. The summed E-state index contributed by atoms with van der Waals surface area (Å²) in [5.74, 6) is 0.879. The van der Waals surface area contributed by atoms with Gasteiger partial charge in [-0.15, -0.1) is 0 Å². The molecule has 0 aliphatic carbocycles. The van der Waals surface area contributed by atoms with Crippen molar-refractivity contribution in [3.63, 3.8) is 0 Å². The van der Waals surface area contributed by atoms with Crippen molar-refractivity contribution in [3.8, 4) is 5.75 Å². The molecule has 0 bridgehead atoms. The maximum absolute atomic E-state index is 5.63. The largest absolute Gasteiger partial charge is 0.497 e. The molecule has 1 aromatic heterocycles. The molecule has 1 heterocycles. The van der Waals surface area contributed by atoms with Crippen molar-refractivity contribution in [2.24, 2.45) is 0 Å². The van der Waals surface area contributed by atoms with Crippen LogP contribution in [-0.4, -0.2) is 26.8 Å². The van der Waals surface area contributed by atoms with Gasteiger partial charge in [0.2, 0.25) is 0 Å². The summed E-state index contributed by atoms with van der Waals surface area (Å²) >= 11 is 1.75. The summed E-state index contributed by atoms with van der Waals surface area (Å²) in [4.78, 5) is 0. The zero-order valence-corrected chi connectivity index (χ0v) is 12.6. The number of ether oxygens (including phenoxy) is 2. The van der Waals surface area contributed by atoms with E-state index in [4.69, 9.17) is 9.47 Å². The van der Waals surface area contributed by atoms with E-state index in [0.29, 0.717) is 6.61 Å². The molecule has 0 amide bonds. The molecule has 0 saturated heterocycles. The highest BCUT2D eigenvalue weighted by atomic mass is 32.1. The normalized spacial score (nSPS) is 10.7. The Morgan fingerprint density at radius 2 is 1.90 bits per heavy atom. The average molecular weight is 291 g/mol. The highest BCUT2D eigenvalue weighted by molar-refractivity contribution is 7.07. The summed E-state index contributed by atoms with van der Waals surface area (Å²) in [6, 6.07) is 10.1. The van der Waals surface area contributed by atoms with Gasteiger partial charge in [0, 0.05) is 6.54 Å². The maximum Gasteiger partial charge on any atom is 0.118 e. The molecule has 1 N–H and O–H groups in total. The van der Waals surface area contributed by atoms with Crippen LogP contribution in [0.25, 0.3) is 0 Å². The van der Waals surface area contributed by atoms with Gasteiger partial charge in [-0.25, -0.2) is 0 Å². The van der Waals surface area contributed by atoms with Crippen LogP contribution in [0.3, 0.4) is 0 Å². The topological polar surface area (TPSA) is 30.5 Å². The van der Waals surface area contributed by atoms with E-state index in [0.717, 1.165) is 31.9 Å². The molecule has 2 aromatic rings. The van der Waals surface area contributed by atoms with Crippen LogP contribution in [0.15, 0.2) is 41.1 Å². The smallest absolute Gasteiger partial charge is 0.118 e. The second-order valence-corrected chi connectivity index (χ2v) is 5.31. The summed E-state index contributed by atoms with van der Waals surface area (Å²) in [6.07, 6.45) is 1.09. The molecule has 1 aromatic carbocycles. The average Bonchev–Trinajstić information content (AvgIpc) is 3.00. The number of nitrogens with one attached hydrogen (secondary N) is 1. The lowest BCUT2D eigenvalue weighted by molar-refractivity contribution is 0.123. The third-order valence-electron chi connectivity index (χ3n) is 3.02. The first-order valence-electron chi connectivity index (χ1n) is 6.81. The molecule has 0 spiro atoms. The van der Waals surface area contributed by atoms with Gasteiger partial charge in [0.25, 0.3) is 0 Å². The van der Waals surface area contributed by atoms with Crippen molar-refractivity contribution in [1.82, 2.24) is 5.32 Å². The van der Waals surface area contributed by atoms with E-state index in [2.05, 4.69) is 22.1 Å². The van der Waals surface area contributed by atoms with Gasteiger partial charge in [-0.1, -0.05) is 12.1 Å². The number of hydrogen-bond donors (Lipinski definition) is 1. The van der Waals surface area contributed by atoms with Gasteiger partial charge in [0.1, 0.15) is 5.75 Å². The van der Waals surface area contributed by atoms with Crippen LogP contribution in [0.4, 0.5) is 0 Å². The van der Waals surface area contributed by atoms with Crippen LogP contribution in [0.2, 0.25) is 0 Å². The first-order valence-corrected chi connectivity index (χ1v) is 7.75. The summed E-state index contributed by atoms with van der Waals surface area (Å²) in [6.45, 7) is 3.27. The predicted molar refractivity (Wildman–Crippen MR) is 83.5 cm³/mol. The number of hydrogen-bond acceptors (Lipinski definition) is 4. The molecule has 2 rings (SSSR count). The first kappa shape index (κ1) is 15.0. The van der Waals surface area contributed by atoms with Crippen molar-refractivity contribution in [1.29, 1.82) is 0 Å². The highest BCUT2D eigenvalue weighted by Crippen LogP contribution is 2.11. The molecule has 108 valence electrons. The third kappa shape index (κ3) is 5.33. The molecular weight excluding hydrogens is 270 g/mol. The number of benzene rings is 1. The Hall–Kier alpha value is -1.36. The van der Waals surface area contributed by atoms with Gasteiger partial charge in [-0.3, -0.25) is 0 Å². The molecule has 20 heavy (non-hydrogen) atoms. The Morgan fingerprint density at radius 3 is 2.60 bits per heavy atom. The monoisotopic (exact) mass is 291 g/mol. The minimum Gasteiger partial charge on any atom is -0.497 e. The standard InChI is InChI=1S/C16H21NO2S/c1-18-16-4-2-14(3-5-16)12-19-10-9-17-8-6-15-7-11-20-13-15/h2-5,7,11,13,17H,6,8-10,12H2,1H3. The Kier molecular flexibility index (Phi) is 6.57. The molecule has 0 atom stereocenters. The van der Waals surface area contributed by atoms with Crippen molar-refractivity contribution < 1.29 is 9.47 Å².